The van der Waals surface area contributed by atoms with Gasteiger partial charge in [0.25, 0.3) is 0 Å². The van der Waals surface area contributed by atoms with Crippen LogP contribution in [0.25, 0.3) is 10.9 Å². The molecule has 0 radical (unpaired) electrons. The number of anilines is 2. The minimum Gasteiger partial charge on any atom is -0.493 e. The smallest absolute Gasteiger partial charge is 0.228 e. The molecule has 8 heteroatoms. The largest absolute Gasteiger partial charge is 0.493 e. The lowest BCUT2D eigenvalue weighted by atomic mass is 9.88. The van der Waals surface area contributed by atoms with E-state index in [1.54, 1.807) is 20.3 Å². The quantitative estimate of drug-likeness (QED) is 0.844. The van der Waals surface area contributed by atoms with Crippen LogP contribution < -0.4 is 20.1 Å². The number of fused-ring (bicyclic) bond motifs is 1. The van der Waals surface area contributed by atoms with Crippen LogP contribution in [-0.4, -0.2) is 61.2 Å². The molecule has 8 nitrogen and oxygen atoms in total. The fourth-order valence-electron chi connectivity index (χ4n) is 4.34. The van der Waals surface area contributed by atoms with Gasteiger partial charge in [-0.15, -0.1) is 0 Å². The lowest BCUT2D eigenvalue weighted by molar-refractivity contribution is -0.136. The number of piperazine rings is 1. The lowest BCUT2D eigenvalue weighted by Crippen LogP contribution is -2.51. The number of nitrogen functional groups attached to an aromatic ring is 1. The summed E-state index contributed by atoms with van der Waals surface area (Å²) in [6, 6.07) is 3.62. The van der Waals surface area contributed by atoms with Gasteiger partial charge in [0.1, 0.15) is 5.82 Å². The molecule has 29 heavy (non-hydrogen) atoms. The number of ether oxygens (including phenoxy) is 2. The van der Waals surface area contributed by atoms with Gasteiger partial charge in [0, 0.05) is 43.5 Å². The van der Waals surface area contributed by atoms with E-state index in [0.717, 1.165) is 18.2 Å². The number of nitrogens with two attached hydrogens (primary N) is 1. The van der Waals surface area contributed by atoms with Gasteiger partial charge in [0.2, 0.25) is 11.9 Å². The number of aromatic nitrogens is 2. The Morgan fingerprint density at radius 1 is 1.00 bits per heavy atom. The van der Waals surface area contributed by atoms with Crippen molar-refractivity contribution in [2.75, 3.05) is 51.0 Å². The van der Waals surface area contributed by atoms with Gasteiger partial charge >= 0.3 is 0 Å². The first-order valence-corrected chi connectivity index (χ1v) is 10.3. The number of nitrogens with zero attached hydrogens (tertiary/aromatic N) is 4. The van der Waals surface area contributed by atoms with Crippen molar-refractivity contribution in [3.05, 3.63) is 12.1 Å². The topological polar surface area (TPSA) is 93.8 Å². The molecule has 0 spiro atoms. The second kappa shape index (κ2) is 8.31. The van der Waals surface area contributed by atoms with Crippen molar-refractivity contribution in [3.63, 3.8) is 0 Å². The van der Waals surface area contributed by atoms with Crippen molar-refractivity contribution in [1.82, 2.24) is 14.9 Å². The molecule has 1 saturated carbocycles. The van der Waals surface area contributed by atoms with Crippen LogP contribution in [0.2, 0.25) is 0 Å². The molecule has 4 rings (SSSR count). The first-order valence-electron chi connectivity index (χ1n) is 10.3. The molecule has 2 aromatic rings. The van der Waals surface area contributed by atoms with Crippen molar-refractivity contribution in [3.8, 4) is 11.5 Å². The molecule has 1 aromatic heterocycles. The average Bonchev–Trinajstić information content (AvgIpc) is 2.78. The normalized spacial score (nSPS) is 18.1. The van der Waals surface area contributed by atoms with E-state index in [0.29, 0.717) is 60.9 Å². The number of benzene rings is 1. The highest BCUT2D eigenvalue weighted by atomic mass is 16.5. The fourth-order valence-corrected chi connectivity index (χ4v) is 4.34. The Kier molecular flexibility index (Phi) is 5.60. The van der Waals surface area contributed by atoms with Gasteiger partial charge in [-0.3, -0.25) is 4.79 Å². The summed E-state index contributed by atoms with van der Waals surface area (Å²) in [5.41, 5.74) is 6.93. The minimum atomic E-state index is 0.213. The standard InChI is InChI=1S/C21H29N5O3/c1-28-17-12-15-16(13-18(17)29-2)23-21(24-19(15)22)26-10-8-25(9-11-26)20(27)14-6-4-3-5-7-14/h12-14H,3-11H2,1-2H3,(H2,22,23,24). The van der Waals surface area contributed by atoms with Crippen LogP contribution in [0.1, 0.15) is 32.1 Å². The van der Waals surface area contributed by atoms with Gasteiger partial charge < -0.3 is 25.0 Å². The number of hydrogen-bond acceptors (Lipinski definition) is 7. The monoisotopic (exact) mass is 399 g/mol. The molecule has 0 bridgehead atoms. The maximum absolute atomic E-state index is 12.8. The highest BCUT2D eigenvalue weighted by Gasteiger charge is 2.29. The van der Waals surface area contributed by atoms with Gasteiger partial charge in [-0.1, -0.05) is 19.3 Å². The van der Waals surface area contributed by atoms with Crippen molar-refractivity contribution in [1.29, 1.82) is 0 Å². The summed E-state index contributed by atoms with van der Waals surface area (Å²) in [4.78, 5) is 26.1. The van der Waals surface area contributed by atoms with Crippen LogP contribution in [0.15, 0.2) is 12.1 Å². The van der Waals surface area contributed by atoms with Crippen molar-refractivity contribution in [2.24, 2.45) is 5.92 Å². The van der Waals surface area contributed by atoms with E-state index in [2.05, 4.69) is 9.88 Å². The van der Waals surface area contributed by atoms with Gasteiger partial charge in [-0.05, 0) is 18.9 Å². The van der Waals surface area contributed by atoms with Gasteiger partial charge in [0.05, 0.1) is 19.7 Å². The van der Waals surface area contributed by atoms with Gasteiger partial charge in [0.15, 0.2) is 11.5 Å². The second-order valence-electron chi connectivity index (χ2n) is 7.78. The third kappa shape index (κ3) is 3.88. The summed E-state index contributed by atoms with van der Waals surface area (Å²) in [6.07, 6.45) is 5.68. The third-order valence-corrected chi connectivity index (χ3v) is 6.05. The van der Waals surface area contributed by atoms with E-state index in [1.165, 1.54) is 19.3 Å². The molecule has 1 aliphatic heterocycles. The molecule has 1 aromatic carbocycles. The second-order valence-corrected chi connectivity index (χ2v) is 7.78. The molecule has 0 unspecified atom stereocenters. The average molecular weight is 399 g/mol. The summed E-state index contributed by atoms with van der Waals surface area (Å²) in [6.45, 7) is 2.80. The zero-order valence-electron chi connectivity index (χ0n) is 17.2. The van der Waals surface area contributed by atoms with E-state index in [4.69, 9.17) is 20.2 Å². The Morgan fingerprint density at radius 2 is 1.66 bits per heavy atom. The Morgan fingerprint density at radius 3 is 2.31 bits per heavy atom. The van der Waals surface area contributed by atoms with Crippen LogP contribution >= 0.6 is 0 Å². The summed E-state index contributed by atoms with van der Waals surface area (Å²) >= 11 is 0. The van der Waals surface area contributed by atoms with Crippen molar-refractivity contribution < 1.29 is 14.3 Å². The molecule has 0 atom stereocenters. The maximum atomic E-state index is 12.8. The zero-order valence-corrected chi connectivity index (χ0v) is 17.2. The molecular formula is C21H29N5O3. The molecule has 2 fully saturated rings. The number of amides is 1. The highest BCUT2D eigenvalue weighted by molar-refractivity contribution is 5.91. The van der Waals surface area contributed by atoms with E-state index in [-0.39, 0.29) is 5.92 Å². The molecule has 1 aliphatic carbocycles. The predicted molar refractivity (Wildman–Crippen MR) is 112 cm³/mol. The van der Waals surface area contributed by atoms with Crippen LogP contribution in [0.4, 0.5) is 11.8 Å². The van der Waals surface area contributed by atoms with E-state index in [9.17, 15) is 4.79 Å². The molecule has 1 saturated heterocycles. The first-order chi connectivity index (χ1) is 14.1. The Hall–Kier alpha value is -2.77. The van der Waals surface area contributed by atoms with Crippen molar-refractivity contribution in [2.45, 2.75) is 32.1 Å². The summed E-state index contributed by atoms with van der Waals surface area (Å²) < 4.78 is 10.7. The Balaban J connectivity index is 1.50. The lowest BCUT2D eigenvalue weighted by Gasteiger charge is -2.37. The highest BCUT2D eigenvalue weighted by Crippen LogP contribution is 2.34. The predicted octanol–water partition coefficient (Wildman–Crippen LogP) is 2.46. The number of rotatable bonds is 4. The number of carbonyl (C=O) groups excluding carboxylic acids is 1. The first kappa shape index (κ1) is 19.5. The Labute approximate surface area is 171 Å². The maximum Gasteiger partial charge on any atom is 0.228 e. The number of methoxy groups -OCH3 is 2. The summed E-state index contributed by atoms with van der Waals surface area (Å²) in [5, 5.41) is 0.734. The molecular weight excluding hydrogens is 370 g/mol. The van der Waals surface area contributed by atoms with Crippen LogP contribution in [0, 0.1) is 5.92 Å². The molecule has 156 valence electrons. The van der Waals surface area contributed by atoms with Gasteiger partial charge in [-0.25, -0.2) is 4.98 Å². The Bertz CT molecular complexity index is 890. The minimum absolute atomic E-state index is 0.213. The number of hydrogen-bond donors (Lipinski definition) is 1. The molecule has 2 aliphatic rings. The fraction of sp³-hybridized carbons (Fsp3) is 0.571. The third-order valence-electron chi connectivity index (χ3n) is 6.05. The van der Waals surface area contributed by atoms with E-state index < -0.39 is 0 Å². The van der Waals surface area contributed by atoms with Crippen LogP contribution in [0.3, 0.4) is 0 Å². The molecule has 2 N–H and O–H groups in total. The van der Waals surface area contributed by atoms with Gasteiger partial charge in [-0.2, -0.15) is 4.98 Å². The summed E-state index contributed by atoms with van der Waals surface area (Å²) in [7, 11) is 3.18. The SMILES string of the molecule is COc1cc2nc(N3CCN(C(=O)C4CCCCC4)CC3)nc(N)c2cc1OC. The van der Waals surface area contributed by atoms with Crippen LogP contribution in [-0.2, 0) is 4.79 Å². The molecule has 2 heterocycles. The van der Waals surface area contributed by atoms with Crippen LogP contribution in [0.5, 0.6) is 11.5 Å². The van der Waals surface area contributed by atoms with Crippen molar-refractivity contribution >= 4 is 28.6 Å². The number of carbonyl (C=O) groups is 1. The van der Waals surface area contributed by atoms with E-state index >= 15 is 0 Å². The summed E-state index contributed by atoms with van der Waals surface area (Å²) in [5.74, 6) is 2.73. The zero-order chi connectivity index (χ0) is 20.4. The van der Waals surface area contributed by atoms with E-state index in [1.807, 2.05) is 11.0 Å². The molecule has 1 amide bonds.